The van der Waals surface area contributed by atoms with Crippen molar-refractivity contribution in [1.82, 2.24) is 4.90 Å². The number of nitrogens with one attached hydrogen (secondary N) is 1. The van der Waals surface area contributed by atoms with Crippen LogP contribution in [0.3, 0.4) is 0 Å². The highest BCUT2D eigenvalue weighted by Gasteiger charge is 2.28. The maximum absolute atomic E-state index is 12.7. The molecule has 1 aliphatic heterocycles. The van der Waals surface area contributed by atoms with E-state index in [-0.39, 0.29) is 12.2 Å². The van der Waals surface area contributed by atoms with E-state index in [1.54, 1.807) is 4.90 Å². The molecule has 0 bridgehead atoms. The van der Waals surface area contributed by atoms with Crippen LogP contribution in [0.25, 0.3) is 11.1 Å². The van der Waals surface area contributed by atoms with Gasteiger partial charge in [-0.1, -0.05) is 49.2 Å². The van der Waals surface area contributed by atoms with Gasteiger partial charge in [-0.15, -0.1) is 0 Å². The van der Waals surface area contributed by atoms with Gasteiger partial charge < -0.3 is 19.1 Å². The van der Waals surface area contributed by atoms with Crippen molar-refractivity contribution in [2.24, 2.45) is 0 Å². The predicted octanol–water partition coefficient (Wildman–Crippen LogP) is 7.13. The first kappa shape index (κ1) is 26.7. The molecular weight excluding hydrogens is 468 g/mol. The third-order valence-electron chi connectivity index (χ3n) is 5.53. The molecule has 35 heavy (non-hydrogen) atoms. The van der Waals surface area contributed by atoms with Crippen LogP contribution >= 0.6 is 11.6 Å². The molecule has 0 aliphatic carbocycles. The number of unbranched alkanes of at least 4 members (excludes halogenated alkanes) is 1. The van der Waals surface area contributed by atoms with E-state index in [2.05, 4.69) is 12.2 Å². The number of ether oxygens (including phenoxy) is 3. The lowest BCUT2D eigenvalue weighted by molar-refractivity contribution is 0.00794. The number of hydrogen-bond donors (Lipinski definition) is 1. The number of anilines is 1. The number of piperidine rings is 1. The van der Waals surface area contributed by atoms with Gasteiger partial charge in [0.25, 0.3) is 0 Å². The van der Waals surface area contributed by atoms with Gasteiger partial charge in [-0.05, 0) is 51.0 Å². The van der Waals surface area contributed by atoms with Crippen LogP contribution in [0.4, 0.5) is 15.3 Å². The SMILES string of the molecule is CCCCOc1ccc(-c2ccccc2NC(=O)OC2CCN(C(=O)OC(C)(C)C)CC2)cc1Cl. The van der Waals surface area contributed by atoms with Crippen molar-refractivity contribution in [2.75, 3.05) is 25.0 Å². The first-order valence-electron chi connectivity index (χ1n) is 12.1. The maximum atomic E-state index is 12.7. The first-order valence-corrected chi connectivity index (χ1v) is 12.5. The van der Waals surface area contributed by atoms with E-state index in [9.17, 15) is 9.59 Å². The van der Waals surface area contributed by atoms with Gasteiger partial charge in [0.15, 0.2) is 0 Å². The topological polar surface area (TPSA) is 77.1 Å². The van der Waals surface area contributed by atoms with Gasteiger partial charge in [-0.3, -0.25) is 5.32 Å². The Morgan fingerprint density at radius 1 is 1.11 bits per heavy atom. The molecule has 1 aliphatic rings. The highest BCUT2D eigenvalue weighted by molar-refractivity contribution is 6.32. The molecule has 0 radical (unpaired) electrons. The number of halogens is 1. The van der Waals surface area contributed by atoms with E-state index in [0.717, 1.165) is 24.0 Å². The van der Waals surface area contributed by atoms with Gasteiger partial charge in [0, 0.05) is 31.5 Å². The number of hydrogen-bond acceptors (Lipinski definition) is 5. The Labute approximate surface area is 212 Å². The van der Waals surface area contributed by atoms with Crippen molar-refractivity contribution in [2.45, 2.75) is 65.1 Å². The number of nitrogens with zero attached hydrogens (tertiary/aromatic N) is 1. The van der Waals surface area contributed by atoms with Crippen LogP contribution in [0, 0.1) is 0 Å². The van der Waals surface area contributed by atoms with E-state index in [1.165, 1.54) is 0 Å². The minimum absolute atomic E-state index is 0.269. The van der Waals surface area contributed by atoms with Gasteiger partial charge in [-0.25, -0.2) is 9.59 Å². The Hall–Kier alpha value is -2.93. The summed E-state index contributed by atoms with van der Waals surface area (Å²) in [5.74, 6) is 0.645. The smallest absolute Gasteiger partial charge is 0.411 e. The van der Waals surface area contributed by atoms with Gasteiger partial charge in [0.1, 0.15) is 17.5 Å². The second kappa shape index (κ2) is 12.2. The Balaban J connectivity index is 1.58. The van der Waals surface area contributed by atoms with Crippen LogP contribution in [-0.2, 0) is 9.47 Å². The molecule has 1 saturated heterocycles. The summed E-state index contributed by atoms with van der Waals surface area (Å²) in [4.78, 5) is 26.5. The molecule has 1 N–H and O–H groups in total. The molecule has 0 aromatic heterocycles. The summed E-state index contributed by atoms with van der Waals surface area (Å²) in [6.07, 6.45) is 2.00. The van der Waals surface area contributed by atoms with Gasteiger partial charge >= 0.3 is 12.2 Å². The largest absolute Gasteiger partial charge is 0.492 e. The maximum Gasteiger partial charge on any atom is 0.411 e. The number of carbonyl (C=O) groups excluding carboxylic acids is 2. The predicted molar refractivity (Wildman–Crippen MR) is 138 cm³/mol. The van der Waals surface area contributed by atoms with Gasteiger partial charge in [-0.2, -0.15) is 0 Å². The fourth-order valence-corrected chi connectivity index (χ4v) is 3.96. The van der Waals surface area contributed by atoms with Crippen molar-refractivity contribution in [3.8, 4) is 16.9 Å². The van der Waals surface area contributed by atoms with E-state index >= 15 is 0 Å². The monoisotopic (exact) mass is 502 g/mol. The van der Waals surface area contributed by atoms with Crippen LogP contribution in [0.2, 0.25) is 5.02 Å². The Morgan fingerprint density at radius 2 is 1.83 bits per heavy atom. The molecule has 190 valence electrons. The molecule has 3 rings (SSSR count). The van der Waals surface area contributed by atoms with Gasteiger partial charge in [0.05, 0.1) is 17.3 Å². The molecule has 1 fully saturated rings. The summed E-state index contributed by atoms with van der Waals surface area (Å²) in [7, 11) is 0. The fraction of sp³-hybridized carbons (Fsp3) is 0.481. The summed E-state index contributed by atoms with van der Waals surface area (Å²) in [6.45, 7) is 9.21. The highest BCUT2D eigenvalue weighted by atomic mass is 35.5. The molecular formula is C27H35ClN2O5. The zero-order chi connectivity index (χ0) is 25.4. The lowest BCUT2D eigenvalue weighted by atomic mass is 10.0. The van der Waals surface area contributed by atoms with E-state index in [4.69, 9.17) is 25.8 Å². The number of carbonyl (C=O) groups is 2. The summed E-state index contributed by atoms with van der Waals surface area (Å²) in [5, 5.41) is 3.38. The van der Waals surface area contributed by atoms with Crippen molar-refractivity contribution in [1.29, 1.82) is 0 Å². The molecule has 0 unspecified atom stereocenters. The third-order valence-corrected chi connectivity index (χ3v) is 5.82. The molecule has 0 saturated carbocycles. The molecule has 7 nitrogen and oxygen atoms in total. The van der Waals surface area contributed by atoms with Crippen molar-refractivity contribution in [3.05, 3.63) is 47.5 Å². The standard InChI is InChI=1S/C27H35ClN2O5/c1-5-6-17-33-24-12-11-19(18-22(24)28)21-9-7-8-10-23(21)29-25(31)34-20-13-15-30(16-14-20)26(32)35-27(2,3)4/h7-12,18,20H,5-6,13-17H2,1-4H3,(H,29,31). The molecule has 1 heterocycles. The number of para-hydroxylation sites is 1. The molecule has 2 aromatic rings. The number of rotatable bonds is 7. The minimum atomic E-state index is -0.537. The van der Waals surface area contributed by atoms with Crippen LogP contribution in [0.1, 0.15) is 53.4 Å². The second-order valence-corrected chi connectivity index (χ2v) is 10.00. The van der Waals surface area contributed by atoms with Crippen LogP contribution in [0.5, 0.6) is 5.75 Å². The highest BCUT2D eigenvalue weighted by Crippen LogP contribution is 2.34. The normalized spacial score (nSPS) is 14.4. The van der Waals surface area contributed by atoms with E-state index in [1.807, 2.05) is 63.2 Å². The Kier molecular flexibility index (Phi) is 9.26. The fourth-order valence-electron chi connectivity index (χ4n) is 3.73. The number of benzene rings is 2. The average Bonchev–Trinajstić information content (AvgIpc) is 2.80. The molecule has 8 heteroatoms. The second-order valence-electron chi connectivity index (χ2n) is 9.59. The average molecular weight is 503 g/mol. The Bertz CT molecular complexity index is 1010. The zero-order valence-electron chi connectivity index (χ0n) is 20.9. The quantitative estimate of drug-likeness (QED) is 0.407. The molecule has 0 spiro atoms. The number of likely N-dealkylation sites (tertiary alicyclic amines) is 1. The third kappa shape index (κ3) is 8.06. The van der Waals surface area contributed by atoms with E-state index < -0.39 is 11.7 Å². The first-order chi connectivity index (χ1) is 16.7. The van der Waals surface area contributed by atoms with Crippen LogP contribution in [-0.4, -0.2) is 48.5 Å². The number of amides is 2. The molecule has 2 aromatic carbocycles. The lowest BCUT2D eigenvalue weighted by Gasteiger charge is -2.33. The van der Waals surface area contributed by atoms with Crippen molar-refractivity contribution < 1.29 is 23.8 Å². The molecule has 2 amide bonds. The zero-order valence-corrected chi connectivity index (χ0v) is 21.7. The minimum Gasteiger partial charge on any atom is -0.492 e. The molecule has 0 atom stereocenters. The van der Waals surface area contributed by atoms with Crippen LogP contribution < -0.4 is 10.1 Å². The van der Waals surface area contributed by atoms with E-state index in [0.29, 0.717) is 49.0 Å². The van der Waals surface area contributed by atoms with Crippen molar-refractivity contribution in [3.63, 3.8) is 0 Å². The van der Waals surface area contributed by atoms with Crippen LogP contribution in [0.15, 0.2) is 42.5 Å². The summed E-state index contributed by atoms with van der Waals surface area (Å²) >= 11 is 6.44. The summed E-state index contributed by atoms with van der Waals surface area (Å²) < 4.78 is 16.8. The van der Waals surface area contributed by atoms with Crippen molar-refractivity contribution >= 4 is 29.5 Å². The van der Waals surface area contributed by atoms with Gasteiger partial charge in [0.2, 0.25) is 0 Å². The summed E-state index contributed by atoms with van der Waals surface area (Å²) in [5.41, 5.74) is 1.77. The Morgan fingerprint density at radius 3 is 2.49 bits per heavy atom. The summed E-state index contributed by atoms with van der Waals surface area (Å²) in [6, 6.07) is 13.1. The lowest BCUT2D eigenvalue weighted by Crippen LogP contribution is -2.44.